The Morgan fingerprint density at radius 3 is 2.68 bits per heavy atom. The molecule has 0 fully saturated rings. The minimum Gasteiger partial charge on any atom is -0.374 e. The predicted octanol–water partition coefficient (Wildman–Crippen LogP) is 4.07. The zero-order valence-corrected chi connectivity index (χ0v) is 13.0. The molecule has 1 aromatic carbocycles. The van der Waals surface area contributed by atoms with Crippen LogP contribution in [0, 0.1) is 0 Å². The average molecular weight is 258 g/mol. The van der Waals surface area contributed by atoms with Crippen LogP contribution in [0.2, 0.25) is 0 Å². The highest BCUT2D eigenvalue weighted by molar-refractivity contribution is 6.01. The van der Waals surface area contributed by atoms with E-state index in [1.165, 1.54) is 22.5 Å². The van der Waals surface area contributed by atoms with Crippen molar-refractivity contribution in [3.63, 3.8) is 0 Å². The summed E-state index contributed by atoms with van der Waals surface area (Å²) < 4.78 is 0. The number of nitrogens with zero attached hydrogens (tertiary/aromatic N) is 2. The third kappa shape index (κ3) is 3.37. The molecule has 2 heteroatoms. The van der Waals surface area contributed by atoms with Crippen LogP contribution in [0.3, 0.4) is 0 Å². The highest BCUT2D eigenvalue weighted by Crippen LogP contribution is 2.28. The molecule has 1 aliphatic heterocycles. The standard InChI is InChI=1S/C17H26N2/c1-6-7-15(18-17(2,3)4)13-8-9-16-14(12-13)10-11-19(16)5/h8-9,12H,6-7,10-11H2,1-5H3. The fourth-order valence-corrected chi connectivity index (χ4v) is 2.65. The molecule has 104 valence electrons. The maximum absolute atomic E-state index is 4.92. The number of fused-ring (bicyclic) bond motifs is 1. The van der Waals surface area contributed by atoms with Crippen molar-refractivity contribution in [2.45, 2.75) is 52.5 Å². The van der Waals surface area contributed by atoms with E-state index in [4.69, 9.17) is 4.99 Å². The van der Waals surface area contributed by atoms with E-state index in [0.717, 1.165) is 25.8 Å². The molecule has 0 saturated carbocycles. The Balaban J connectivity index is 2.36. The fourth-order valence-electron chi connectivity index (χ4n) is 2.65. The summed E-state index contributed by atoms with van der Waals surface area (Å²) >= 11 is 0. The first kappa shape index (κ1) is 14.1. The number of anilines is 1. The normalized spacial score (nSPS) is 15.8. The second kappa shape index (κ2) is 5.36. The van der Waals surface area contributed by atoms with Gasteiger partial charge in [0.2, 0.25) is 0 Å². The van der Waals surface area contributed by atoms with Gasteiger partial charge in [0.05, 0.1) is 5.54 Å². The van der Waals surface area contributed by atoms with Crippen molar-refractivity contribution >= 4 is 11.4 Å². The number of likely N-dealkylation sites (N-methyl/N-ethyl adjacent to an activating group) is 1. The third-order valence-corrected chi connectivity index (χ3v) is 3.50. The lowest BCUT2D eigenvalue weighted by Gasteiger charge is -2.17. The zero-order chi connectivity index (χ0) is 14.0. The van der Waals surface area contributed by atoms with Crippen molar-refractivity contribution in [2.24, 2.45) is 4.99 Å². The molecular weight excluding hydrogens is 232 g/mol. The number of benzene rings is 1. The van der Waals surface area contributed by atoms with E-state index >= 15 is 0 Å². The summed E-state index contributed by atoms with van der Waals surface area (Å²) in [5.74, 6) is 0. The Hall–Kier alpha value is -1.31. The smallest absolute Gasteiger partial charge is 0.0527 e. The van der Waals surface area contributed by atoms with Gasteiger partial charge in [-0.1, -0.05) is 19.4 Å². The van der Waals surface area contributed by atoms with Crippen LogP contribution >= 0.6 is 0 Å². The summed E-state index contributed by atoms with van der Waals surface area (Å²) in [4.78, 5) is 7.25. The van der Waals surface area contributed by atoms with Crippen molar-refractivity contribution in [1.29, 1.82) is 0 Å². The monoisotopic (exact) mass is 258 g/mol. The van der Waals surface area contributed by atoms with Crippen molar-refractivity contribution in [1.82, 2.24) is 0 Å². The Bertz CT molecular complexity index is 481. The van der Waals surface area contributed by atoms with Crippen LogP contribution in [0.25, 0.3) is 0 Å². The second-order valence-electron chi connectivity index (χ2n) is 6.49. The molecule has 0 unspecified atom stereocenters. The molecule has 0 N–H and O–H groups in total. The minimum atomic E-state index is 0.000307. The van der Waals surface area contributed by atoms with E-state index in [2.05, 4.69) is 57.8 Å². The summed E-state index contributed by atoms with van der Waals surface area (Å²) in [5.41, 5.74) is 5.42. The maximum Gasteiger partial charge on any atom is 0.0527 e. The second-order valence-corrected chi connectivity index (χ2v) is 6.49. The molecule has 0 radical (unpaired) electrons. The van der Waals surface area contributed by atoms with E-state index in [0.29, 0.717) is 0 Å². The topological polar surface area (TPSA) is 15.6 Å². The average Bonchev–Trinajstić information content (AvgIpc) is 2.68. The largest absolute Gasteiger partial charge is 0.374 e. The van der Waals surface area contributed by atoms with Gasteiger partial charge in [-0.25, -0.2) is 0 Å². The van der Waals surface area contributed by atoms with Crippen molar-refractivity contribution in [3.05, 3.63) is 29.3 Å². The quantitative estimate of drug-likeness (QED) is 0.746. The van der Waals surface area contributed by atoms with E-state index in [-0.39, 0.29) is 5.54 Å². The number of hydrogen-bond acceptors (Lipinski definition) is 2. The van der Waals surface area contributed by atoms with E-state index in [9.17, 15) is 0 Å². The molecular formula is C17H26N2. The third-order valence-electron chi connectivity index (χ3n) is 3.50. The highest BCUT2D eigenvalue weighted by Gasteiger charge is 2.17. The molecule has 0 spiro atoms. The van der Waals surface area contributed by atoms with Gasteiger partial charge < -0.3 is 4.90 Å². The van der Waals surface area contributed by atoms with Crippen LogP contribution in [0.5, 0.6) is 0 Å². The van der Waals surface area contributed by atoms with Gasteiger partial charge >= 0.3 is 0 Å². The Labute approximate surface area is 117 Å². The maximum atomic E-state index is 4.92. The van der Waals surface area contributed by atoms with Crippen molar-refractivity contribution in [3.8, 4) is 0 Å². The SMILES string of the molecule is CCCC(=NC(C)(C)C)c1ccc2c(c1)CCN2C. The first-order valence-electron chi connectivity index (χ1n) is 7.34. The van der Waals surface area contributed by atoms with Crippen molar-refractivity contribution < 1.29 is 0 Å². The van der Waals surface area contributed by atoms with Gasteiger partial charge in [0.1, 0.15) is 0 Å². The molecule has 0 amide bonds. The molecule has 0 saturated heterocycles. The molecule has 0 atom stereocenters. The summed E-state index contributed by atoms with van der Waals surface area (Å²) in [7, 11) is 2.17. The molecule has 2 nitrogen and oxygen atoms in total. The fraction of sp³-hybridized carbons (Fsp3) is 0.588. The first-order chi connectivity index (χ1) is 8.90. The van der Waals surface area contributed by atoms with Gasteiger partial charge in [-0.2, -0.15) is 0 Å². The summed E-state index contributed by atoms with van der Waals surface area (Å²) in [5, 5.41) is 0. The molecule has 0 bridgehead atoms. The van der Waals surface area contributed by atoms with Gasteiger partial charge in [0, 0.05) is 25.0 Å². The van der Waals surface area contributed by atoms with Gasteiger partial charge in [-0.3, -0.25) is 4.99 Å². The van der Waals surface area contributed by atoms with Crippen LogP contribution in [-0.4, -0.2) is 24.8 Å². The van der Waals surface area contributed by atoms with Gasteiger partial charge in [-0.05, 0) is 56.9 Å². The number of aliphatic imine (C=N–C) groups is 1. The molecule has 0 aromatic heterocycles. The van der Waals surface area contributed by atoms with Crippen LogP contribution in [0.4, 0.5) is 5.69 Å². The Morgan fingerprint density at radius 1 is 1.32 bits per heavy atom. The predicted molar refractivity (Wildman–Crippen MR) is 84.6 cm³/mol. The molecule has 19 heavy (non-hydrogen) atoms. The Morgan fingerprint density at radius 2 is 2.05 bits per heavy atom. The van der Waals surface area contributed by atoms with Gasteiger partial charge in [0.25, 0.3) is 0 Å². The molecule has 1 aliphatic rings. The minimum absolute atomic E-state index is 0.000307. The van der Waals surface area contributed by atoms with Crippen LogP contribution in [0.1, 0.15) is 51.7 Å². The van der Waals surface area contributed by atoms with E-state index in [1.807, 2.05) is 0 Å². The zero-order valence-electron chi connectivity index (χ0n) is 13.0. The lowest BCUT2D eigenvalue weighted by molar-refractivity contribution is 0.581. The molecule has 1 aromatic rings. The molecule has 0 aliphatic carbocycles. The summed E-state index contributed by atoms with van der Waals surface area (Å²) in [6, 6.07) is 6.84. The van der Waals surface area contributed by atoms with E-state index in [1.54, 1.807) is 0 Å². The van der Waals surface area contributed by atoms with E-state index < -0.39 is 0 Å². The molecule has 1 heterocycles. The number of rotatable bonds is 3. The van der Waals surface area contributed by atoms with Crippen molar-refractivity contribution in [2.75, 3.05) is 18.5 Å². The van der Waals surface area contributed by atoms with Crippen LogP contribution in [0.15, 0.2) is 23.2 Å². The lowest BCUT2D eigenvalue weighted by atomic mass is 10.00. The summed E-state index contributed by atoms with van der Waals surface area (Å²) in [6.45, 7) is 9.87. The molecule has 2 rings (SSSR count). The number of hydrogen-bond donors (Lipinski definition) is 0. The lowest BCUT2D eigenvalue weighted by Crippen LogP contribution is -2.15. The van der Waals surface area contributed by atoms with Gasteiger partial charge in [0.15, 0.2) is 0 Å². The van der Waals surface area contributed by atoms with Crippen LogP contribution in [-0.2, 0) is 6.42 Å². The van der Waals surface area contributed by atoms with Crippen LogP contribution < -0.4 is 4.90 Å². The summed E-state index contributed by atoms with van der Waals surface area (Å²) in [6.07, 6.45) is 3.37. The highest BCUT2D eigenvalue weighted by atomic mass is 15.1. The Kier molecular flexibility index (Phi) is 3.98. The first-order valence-corrected chi connectivity index (χ1v) is 7.34. The van der Waals surface area contributed by atoms with Gasteiger partial charge in [-0.15, -0.1) is 0 Å².